The molecule has 1 aromatic carbocycles. The van der Waals surface area contributed by atoms with E-state index in [0.29, 0.717) is 35.9 Å². The lowest BCUT2D eigenvalue weighted by Crippen LogP contribution is -2.46. The van der Waals surface area contributed by atoms with Crippen LogP contribution in [0.25, 0.3) is 16.6 Å². The third-order valence-electron chi connectivity index (χ3n) is 7.88. The lowest BCUT2D eigenvalue weighted by molar-refractivity contribution is 0.149. The van der Waals surface area contributed by atoms with Crippen LogP contribution < -0.4 is 10.1 Å². The van der Waals surface area contributed by atoms with Gasteiger partial charge in [-0.15, -0.1) is 5.10 Å². The average Bonchev–Trinajstić information content (AvgIpc) is 3.20. The first-order valence-corrected chi connectivity index (χ1v) is 13.2. The molecule has 1 fully saturated rings. The fraction of sp³-hybridized carbons (Fsp3) is 0.536. The van der Waals surface area contributed by atoms with E-state index in [9.17, 15) is 4.39 Å². The van der Waals surface area contributed by atoms with Crippen LogP contribution in [0.5, 0.6) is 5.88 Å². The standard InChI is InChI=1S/C28H36F2N6O/c1-6-7-16(2)20-13-19-12-18(8-9-23(19)31-17(20)3)25-22(30)15-36-26(25)27(37-5)33-28(34-36)32-24-10-11-35(4)14-21(24)29/h8-9,12,15-16,20-21,24H,6-7,10-11,13-14H2,1-5H3,(H,32,34)/t16-,20-,21+,24-/m1/s1. The predicted molar refractivity (Wildman–Crippen MR) is 143 cm³/mol. The molecule has 4 atom stereocenters. The number of methoxy groups -OCH3 is 1. The molecule has 0 amide bonds. The highest BCUT2D eigenvalue weighted by Crippen LogP contribution is 2.39. The average molecular weight is 511 g/mol. The number of nitrogens with one attached hydrogen (secondary N) is 1. The van der Waals surface area contributed by atoms with Crippen LogP contribution in [0.2, 0.25) is 0 Å². The fourth-order valence-corrected chi connectivity index (χ4v) is 5.83. The Balaban J connectivity index is 1.50. The number of hydrogen-bond acceptors (Lipinski definition) is 6. The maximum Gasteiger partial charge on any atom is 0.244 e. The minimum Gasteiger partial charge on any atom is -0.479 e. The number of anilines is 1. The lowest BCUT2D eigenvalue weighted by atomic mass is 9.80. The highest BCUT2D eigenvalue weighted by Gasteiger charge is 2.30. The molecule has 4 heterocycles. The number of alkyl halides is 1. The molecular weight excluding hydrogens is 474 g/mol. The van der Waals surface area contributed by atoms with Crippen molar-refractivity contribution < 1.29 is 13.5 Å². The molecule has 1 saturated heterocycles. The summed E-state index contributed by atoms with van der Waals surface area (Å²) in [6.07, 6.45) is 4.08. The Labute approximate surface area is 216 Å². The molecule has 0 bridgehead atoms. The summed E-state index contributed by atoms with van der Waals surface area (Å²) in [7, 11) is 3.40. The molecule has 3 aromatic rings. The second-order valence-electron chi connectivity index (χ2n) is 10.6. The second kappa shape index (κ2) is 10.4. The molecule has 9 heteroatoms. The third-order valence-corrected chi connectivity index (χ3v) is 7.88. The Hall–Kier alpha value is -3.07. The summed E-state index contributed by atoms with van der Waals surface area (Å²) in [5, 5.41) is 7.56. The lowest BCUT2D eigenvalue weighted by Gasteiger charge is -2.32. The van der Waals surface area contributed by atoms with E-state index in [1.165, 1.54) is 17.8 Å². The zero-order valence-corrected chi connectivity index (χ0v) is 22.3. The van der Waals surface area contributed by atoms with Gasteiger partial charge in [0, 0.05) is 24.7 Å². The molecule has 198 valence electrons. The van der Waals surface area contributed by atoms with Crippen LogP contribution in [0.3, 0.4) is 0 Å². The van der Waals surface area contributed by atoms with Gasteiger partial charge in [0.15, 0.2) is 5.82 Å². The largest absolute Gasteiger partial charge is 0.479 e. The van der Waals surface area contributed by atoms with E-state index in [0.717, 1.165) is 48.3 Å². The number of ether oxygens (including phenoxy) is 1. The number of hydrogen-bond donors (Lipinski definition) is 1. The van der Waals surface area contributed by atoms with Gasteiger partial charge in [-0.3, -0.25) is 4.99 Å². The second-order valence-corrected chi connectivity index (χ2v) is 10.6. The monoisotopic (exact) mass is 510 g/mol. The zero-order chi connectivity index (χ0) is 26.3. The van der Waals surface area contributed by atoms with Gasteiger partial charge in [0.05, 0.1) is 30.6 Å². The van der Waals surface area contributed by atoms with Crippen molar-refractivity contribution >= 4 is 22.9 Å². The number of benzene rings is 1. The number of piperidine rings is 1. The van der Waals surface area contributed by atoms with Gasteiger partial charge in [0.1, 0.15) is 11.7 Å². The first kappa shape index (κ1) is 25.6. The molecule has 2 aliphatic rings. The highest BCUT2D eigenvalue weighted by molar-refractivity contribution is 5.91. The van der Waals surface area contributed by atoms with Crippen LogP contribution in [0.15, 0.2) is 29.4 Å². The van der Waals surface area contributed by atoms with Crippen LogP contribution in [0.4, 0.5) is 20.4 Å². The van der Waals surface area contributed by atoms with Gasteiger partial charge in [-0.25, -0.2) is 13.3 Å². The Kier molecular flexibility index (Phi) is 7.16. The van der Waals surface area contributed by atoms with Gasteiger partial charge in [-0.05, 0) is 56.0 Å². The van der Waals surface area contributed by atoms with Crippen LogP contribution in [0, 0.1) is 17.7 Å². The molecule has 2 aliphatic heterocycles. The number of aromatic nitrogens is 3. The number of nitrogens with zero attached hydrogens (tertiary/aromatic N) is 5. The van der Waals surface area contributed by atoms with Crippen LogP contribution in [0.1, 0.15) is 45.6 Å². The van der Waals surface area contributed by atoms with Crippen LogP contribution >= 0.6 is 0 Å². The minimum absolute atomic E-state index is 0.214. The summed E-state index contributed by atoms with van der Waals surface area (Å²) in [5.41, 5.74) is 4.78. The van der Waals surface area contributed by atoms with Gasteiger partial charge in [0.25, 0.3) is 0 Å². The number of halogens is 2. The molecule has 7 nitrogen and oxygen atoms in total. The van der Waals surface area contributed by atoms with Crippen molar-refractivity contribution in [3.05, 3.63) is 35.8 Å². The molecule has 0 spiro atoms. The zero-order valence-electron chi connectivity index (χ0n) is 22.3. The molecule has 0 radical (unpaired) electrons. The van der Waals surface area contributed by atoms with Crippen molar-refractivity contribution in [2.75, 3.05) is 32.6 Å². The fourth-order valence-electron chi connectivity index (χ4n) is 5.83. The Morgan fingerprint density at radius 2 is 2.11 bits per heavy atom. The number of likely N-dealkylation sites (tertiary alicyclic amines) is 1. The summed E-state index contributed by atoms with van der Waals surface area (Å²) in [5.74, 6) is 0.944. The number of aliphatic imine (C=N–C) groups is 1. The molecule has 0 saturated carbocycles. The summed E-state index contributed by atoms with van der Waals surface area (Å²) < 4.78 is 37.0. The SMILES string of the molecule is CCC[C@@H](C)[C@H]1Cc2cc(-c3c(F)cn4nc(N[C@@H]5CCN(C)C[C@@H]5F)nc(OC)c34)ccc2N=C1C. The highest BCUT2D eigenvalue weighted by atomic mass is 19.1. The minimum atomic E-state index is -1.05. The maximum atomic E-state index is 15.4. The van der Waals surface area contributed by atoms with E-state index in [4.69, 9.17) is 9.73 Å². The first-order chi connectivity index (χ1) is 17.8. The molecule has 37 heavy (non-hydrogen) atoms. The topological polar surface area (TPSA) is 67.0 Å². The van der Waals surface area contributed by atoms with E-state index in [2.05, 4.69) is 36.2 Å². The van der Waals surface area contributed by atoms with E-state index < -0.39 is 18.0 Å². The van der Waals surface area contributed by atoms with E-state index in [1.54, 1.807) is 0 Å². The van der Waals surface area contributed by atoms with Crippen molar-refractivity contribution in [1.29, 1.82) is 0 Å². The smallest absolute Gasteiger partial charge is 0.244 e. The number of rotatable bonds is 7. The van der Waals surface area contributed by atoms with Gasteiger partial charge < -0.3 is 15.0 Å². The molecular formula is C28H36F2N6O. The predicted octanol–water partition coefficient (Wildman–Crippen LogP) is 5.70. The van der Waals surface area contributed by atoms with Crippen LogP contribution in [-0.4, -0.2) is 64.7 Å². The van der Waals surface area contributed by atoms with E-state index >= 15 is 4.39 Å². The van der Waals surface area contributed by atoms with Gasteiger partial charge in [-0.1, -0.05) is 32.8 Å². The summed E-state index contributed by atoms with van der Waals surface area (Å²) in [6.45, 7) is 7.73. The Morgan fingerprint density at radius 1 is 1.30 bits per heavy atom. The first-order valence-electron chi connectivity index (χ1n) is 13.2. The van der Waals surface area contributed by atoms with Crippen molar-refractivity contribution in [2.45, 2.75) is 58.7 Å². The molecule has 1 N–H and O–H groups in total. The van der Waals surface area contributed by atoms with E-state index in [1.807, 2.05) is 30.1 Å². The van der Waals surface area contributed by atoms with E-state index in [-0.39, 0.29) is 11.8 Å². The van der Waals surface area contributed by atoms with Gasteiger partial charge in [0.2, 0.25) is 11.8 Å². The van der Waals surface area contributed by atoms with Crippen molar-refractivity contribution in [3.63, 3.8) is 0 Å². The van der Waals surface area contributed by atoms with Crippen molar-refractivity contribution in [3.8, 4) is 17.0 Å². The van der Waals surface area contributed by atoms with Crippen LogP contribution in [-0.2, 0) is 6.42 Å². The Bertz CT molecular complexity index is 1320. The molecule has 0 aliphatic carbocycles. The maximum absolute atomic E-state index is 15.4. The molecule has 2 aromatic heterocycles. The molecule has 5 rings (SSSR count). The Morgan fingerprint density at radius 3 is 2.84 bits per heavy atom. The summed E-state index contributed by atoms with van der Waals surface area (Å²) in [4.78, 5) is 11.3. The quantitative estimate of drug-likeness (QED) is 0.442. The van der Waals surface area contributed by atoms with Crippen molar-refractivity contribution in [2.24, 2.45) is 16.8 Å². The normalized spacial score (nSPS) is 23.0. The third kappa shape index (κ3) is 4.93. The van der Waals surface area contributed by atoms with Gasteiger partial charge in [-0.2, -0.15) is 4.98 Å². The molecule has 0 unspecified atom stereocenters. The van der Waals surface area contributed by atoms with Gasteiger partial charge >= 0.3 is 0 Å². The summed E-state index contributed by atoms with van der Waals surface area (Å²) >= 11 is 0. The number of fused-ring (bicyclic) bond motifs is 2. The summed E-state index contributed by atoms with van der Waals surface area (Å²) in [6, 6.07) is 5.48. The van der Waals surface area contributed by atoms with Crippen molar-refractivity contribution in [1.82, 2.24) is 19.5 Å².